The van der Waals surface area contributed by atoms with E-state index in [2.05, 4.69) is 5.32 Å². The van der Waals surface area contributed by atoms with Gasteiger partial charge < -0.3 is 5.32 Å². The topological polar surface area (TPSA) is 89.3 Å². The lowest BCUT2D eigenvalue weighted by Gasteiger charge is -2.06. The molecule has 0 saturated carbocycles. The second kappa shape index (κ2) is 5.33. The maximum atomic E-state index is 10.9. The molecule has 0 heterocycles. The smallest absolute Gasteiger partial charge is 0.310 e. The number of nitro benzene ring substituents is 1. The largest absolute Gasteiger partial charge is 0.378 e. The molecule has 94 valence electrons. The number of nitrogens with zero attached hydrogens (tertiary/aromatic N) is 1. The highest BCUT2D eigenvalue weighted by molar-refractivity contribution is 7.90. The second-order valence-electron chi connectivity index (χ2n) is 3.45. The van der Waals surface area contributed by atoms with Crippen molar-refractivity contribution in [3.8, 4) is 0 Å². The van der Waals surface area contributed by atoms with Crippen molar-refractivity contribution >= 4 is 32.8 Å². The van der Waals surface area contributed by atoms with Gasteiger partial charge >= 0.3 is 5.69 Å². The van der Waals surface area contributed by atoms with Crippen molar-refractivity contribution in [1.82, 2.24) is 0 Å². The summed E-state index contributed by atoms with van der Waals surface area (Å²) in [5.41, 5.74) is -0.0335. The van der Waals surface area contributed by atoms with E-state index in [4.69, 9.17) is 11.6 Å². The summed E-state index contributed by atoms with van der Waals surface area (Å²) >= 11 is 5.69. The van der Waals surface area contributed by atoms with E-state index in [-0.39, 0.29) is 28.7 Å². The lowest BCUT2D eigenvalue weighted by Crippen LogP contribution is -2.14. The highest BCUT2D eigenvalue weighted by atomic mass is 35.5. The van der Waals surface area contributed by atoms with Crippen molar-refractivity contribution < 1.29 is 13.3 Å². The molecule has 0 spiro atoms. The van der Waals surface area contributed by atoms with Crippen molar-refractivity contribution in [2.75, 3.05) is 23.9 Å². The average Bonchev–Trinajstić information content (AvgIpc) is 2.14. The third-order valence-electron chi connectivity index (χ3n) is 1.96. The molecule has 0 atom stereocenters. The molecule has 1 aromatic rings. The molecule has 1 rings (SSSR count). The van der Waals surface area contributed by atoms with E-state index < -0.39 is 14.8 Å². The maximum absolute atomic E-state index is 10.9. The van der Waals surface area contributed by atoms with Gasteiger partial charge in [0.2, 0.25) is 0 Å². The fourth-order valence-electron chi connectivity index (χ4n) is 1.21. The van der Waals surface area contributed by atoms with Crippen LogP contribution < -0.4 is 5.32 Å². The van der Waals surface area contributed by atoms with Crippen LogP contribution in [0.5, 0.6) is 0 Å². The van der Waals surface area contributed by atoms with Gasteiger partial charge in [-0.15, -0.1) is 0 Å². The molecule has 8 heteroatoms. The summed E-state index contributed by atoms with van der Waals surface area (Å²) in [5, 5.41) is 13.5. The van der Waals surface area contributed by atoms with E-state index in [1.54, 1.807) is 6.07 Å². The van der Waals surface area contributed by atoms with Gasteiger partial charge in [0.15, 0.2) is 0 Å². The molecular weight excluding hydrogens is 268 g/mol. The summed E-state index contributed by atoms with van der Waals surface area (Å²) in [4.78, 5) is 10.2. The van der Waals surface area contributed by atoms with Crippen LogP contribution in [0, 0.1) is 10.1 Å². The number of sulfone groups is 1. The van der Waals surface area contributed by atoms with Gasteiger partial charge in [0.1, 0.15) is 20.5 Å². The molecule has 0 amide bonds. The van der Waals surface area contributed by atoms with Crippen LogP contribution in [0.1, 0.15) is 0 Å². The predicted octanol–water partition coefficient (Wildman–Crippen LogP) is 1.70. The van der Waals surface area contributed by atoms with E-state index in [1.165, 1.54) is 12.1 Å². The Labute approximate surface area is 104 Å². The SMILES string of the molecule is CS(=O)(=O)CCNc1cccc(Cl)c1[N+](=O)[O-]. The van der Waals surface area contributed by atoms with Crippen molar-refractivity contribution in [1.29, 1.82) is 0 Å². The average molecular weight is 279 g/mol. The maximum Gasteiger partial charge on any atom is 0.310 e. The zero-order valence-corrected chi connectivity index (χ0v) is 10.6. The standard InChI is InChI=1S/C9H11ClN2O4S/c1-17(15,16)6-5-11-8-4-2-3-7(10)9(8)12(13)14/h2-4,11H,5-6H2,1H3. The molecule has 1 N–H and O–H groups in total. The van der Waals surface area contributed by atoms with E-state index in [1.807, 2.05) is 0 Å². The molecule has 0 unspecified atom stereocenters. The van der Waals surface area contributed by atoms with E-state index in [0.29, 0.717) is 0 Å². The normalized spacial score (nSPS) is 11.2. The van der Waals surface area contributed by atoms with Crippen LogP contribution in [0.2, 0.25) is 5.02 Å². The highest BCUT2D eigenvalue weighted by Crippen LogP contribution is 2.31. The van der Waals surface area contributed by atoms with Crippen molar-refractivity contribution in [3.05, 3.63) is 33.3 Å². The summed E-state index contributed by atoms with van der Waals surface area (Å²) in [5.74, 6) is -0.101. The Kier molecular flexibility index (Phi) is 4.30. The third kappa shape index (κ3) is 4.20. The van der Waals surface area contributed by atoms with Crippen LogP contribution in [0.4, 0.5) is 11.4 Å². The summed E-state index contributed by atoms with van der Waals surface area (Å²) in [6.45, 7) is 0.0972. The summed E-state index contributed by atoms with van der Waals surface area (Å²) < 4.78 is 21.8. The number of para-hydroxylation sites is 1. The molecule has 17 heavy (non-hydrogen) atoms. The van der Waals surface area contributed by atoms with Crippen LogP contribution in [0.15, 0.2) is 18.2 Å². The Morgan fingerprint density at radius 1 is 1.47 bits per heavy atom. The first kappa shape index (κ1) is 13.7. The molecule has 0 aromatic heterocycles. The van der Waals surface area contributed by atoms with Gasteiger partial charge in [0, 0.05) is 12.8 Å². The number of halogens is 1. The Morgan fingerprint density at radius 3 is 2.65 bits per heavy atom. The van der Waals surface area contributed by atoms with Crippen molar-refractivity contribution in [2.45, 2.75) is 0 Å². The molecule has 1 aromatic carbocycles. The molecule has 0 fully saturated rings. The van der Waals surface area contributed by atoms with Gasteiger partial charge in [-0.3, -0.25) is 10.1 Å². The summed E-state index contributed by atoms with van der Waals surface area (Å²) in [6, 6.07) is 4.44. The quantitative estimate of drug-likeness (QED) is 0.654. The molecule has 6 nitrogen and oxygen atoms in total. The van der Waals surface area contributed by atoms with Gasteiger partial charge in [-0.25, -0.2) is 8.42 Å². The first-order valence-electron chi connectivity index (χ1n) is 4.66. The Morgan fingerprint density at radius 2 is 2.12 bits per heavy atom. The lowest BCUT2D eigenvalue weighted by atomic mass is 10.2. The number of rotatable bonds is 5. The Bertz CT molecular complexity index is 530. The van der Waals surface area contributed by atoms with Crippen LogP contribution in [-0.4, -0.2) is 31.9 Å². The minimum Gasteiger partial charge on any atom is -0.378 e. The van der Waals surface area contributed by atoms with E-state index in [0.717, 1.165) is 6.26 Å². The minimum absolute atomic E-state index is 0.0133. The number of nitro groups is 1. The van der Waals surface area contributed by atoms with E-state index >= 15 is 0 Å². The molecule has 0 saturated heterocycles. The first-order valence-corrected chi connectivity index (χ1v) is 7.09. The van der Waals surface area contributed by atoms with Crippen LogP contribution in [0.3, 0.4) is 0 Å². The summed E-state index contributed by atoms with van der Waals surface area (Å²) in [7, 11) is -3.10. The lowest BCUT2D eigenvalue weighted by molar-refractivity contribution is -0.383. The molecule has 0 radical (unpaired) electrons. The number of hydrogen-bond acceptors (Lipinski definition) is 5. The van der Waals surface area contributed by atoms with Crippen LogP contribution >= 0.6 is 11.6 Å². The van der Waals surface area contributed by atoms with Crippen LogP contribution in [0.25, 0.3) is 0 Å². The molecule has 0 aliphatic carbocycles. The van der Waals surface area contributed by atoms with Gasteiger partial charge in [-0.1, -0.05) is 17.7 Å². The van der Waals surface area contributed by atoms with E-state index in [9.17, 15) is 18.5 Å². The first-order chi connectivity index (χ1) is 7.81. The Balaban J connectivity index is 2.85. The molecule has 0 aliphatic rings. The van der Waals surface area contributed by atoms with Gasteiger partial charge in [-0.05, 0) is 12.1 Å². The third-order valence-corrected chi connectivity index (χ3v) is 3.21. The zero-order chi connectivity index (χ0) is 13.1. The van der Waals surface area contributed by atoms with Crippen LogP contribution in [-0.2, 0) is 9.84 Å². The number of nitrogens with one attached hydrogen (secondary N) is 1. The Hall–Kier alpha value is -1.34. The fraction of sp³-hybridized carbons (Fsp3) is 0.333. The van der Waals surface area contributed by atoms with Gasteiger partial charge in [-0.2, -0.15) is 0 Å². The predicted molar refractivity (Wildman–Crippen MR) is 66.3 cm³/mol. The summed E-state index contributed by atoms with van der Waals surface area (Å²) in [6.07, 6.45) is 1.10. The van der Waals surface area contributed by atoms with Gasteiger partial charge in [0.25, 0.3) is 0 Å². The fourth-order valence-corrected chi connectivity index (χ4v) is 1.93. The number of hydrogen-bond donors (Lipinski definition) is 1. The highest BCUT2D eigenvalue weighted by Gasteiger charge is 2.18. The molecule has 0 bridgehead atoms. The molecule has 0 aliphatic heterocycles. The number of anilines is 1. The van der Waals surface area contributed by atoms with Gasteiger partial charge in [0.05, 0.1) is 10.7 Å². The minimum atomic E-state index is -3.10. The monoisotopic (exact) mass is 278 g/mol. The number of benzene rings is 1. The molecular formula is C9H11ClN2O4S. The van der Waals surface area contributed by atoms with Crippen molar-refractivity contribution in [3.63, 3.8) is 0 Å². The second-order valence-corrected chi connectivity index (χ2v) is 6.12. The van der Waals surface area contributed by atoms with Crippen molar-refractivity contribution in [2.24, 2.45) is 0 Å². The zero-order valence-electron chi connectivity index (χ0n) is 9.01.